The maximum atomic E-state index is 11.5. The first-order valence-electron chi connectivity index (χ1n) is 4.49. The summed E-state index contributed by atoms with van der Waals surface area (Å²) in [4.78, 5) is 34.3. The molecule has 1 rings (SSSR count). The average Bonchev–Trinajstić information content (AvgIpc) is 2.17. The Labute approximate surface area is 86.6 Å². The molecule has 0 radical (unpaired) electrons. The Morgan fingerprint density at radius 1 is 1.60 bits per heavy atom. The number of carbonyl (C=O) groups is 3. The van der Waals surface area contributed by atoms with Crippen molar-refractivity contribution in [1.29, 1.82) is 0 Å². The minimum absolute atomic E-state index is 0.0442. The molecule has 0 spiro atoms. The van der Waals surface area contributed by atoms with Gasteiger partial charge in [-0.1, -0.05) is 6.08 Å². The van der Waals surface area contributed by atoms with E-state index in [-0.39, 0.29) is 19.0 Å². The van der Waals surface area contributed by atoms with Crippen LogP contribution in [0.25, 0.3) is 0 Å². The molecule has 0 saturated carbocycles. The van der Waals surface area contributed by atoms with Gasteiger partial charge in [0.2, 0.25) is 11.8 Å². The van der Waals surface area contributed by atoms with Crippen LogP contribution in [0.2, 0.25) is 0 Å². The molecule has 1 fully saturated rings. The summed E-state index contributed by atoms with van der Waals surface area (Å²) in [7, 11) is 0. The summed E-state index contributed by atoms with van der Waals surface area (Å²) in [5.41, 5.74) is 0. The molecule has 0 aromatic carbocycles. The number of rotatable bonds is 2. The summed E-state index contributed by atoms with van der Waals surface area (Å²) in [5, 5.41) is 11.2. The van der Waals surface area contributed by atoms with E-state index >= 15 is 0 Å². The predicted octanol–water partition coefficient (Wildman–Crippen LogP) is -1.03. The van der Waals surface area contributed by atoms with Crippen LogP contribution in [-0.2, 0) is 14.4 Å². The molecule has 0 aliphatic carbocycles. The Morgan fingerprint density at radius 2 is 2.27 bits per heavy atom. The van der Waals surface area contributed by atoms with Crippen LogP contribution in [0.3, 0.4) is 0 Å². The third kappa shape index (κ3) is 2.55. The number of piperazine rings is 1. The summed E-state index contributed by atoms with van der Waals surface area (Å²) >= 11 is 0. The maximum absolute atomic E-state index is 11.5. The van der Waals surface area contributed by atoms with E-state index < -0.39 is 17.9 Å². The first kappa shape index (κ1) is 11.2. The molecule has 6 nitrogen and oxygen atoms in total. The topological polar surface area (TPSA) is 86.7 Å². The van der Waals surface area contributed by atoms with Gasteiger partial charge in [-0.25, -0.2) is 4.79 Å². The van der Waals surface area contributed by atoms with Gasteiger partial charge in [-0.15, -0.1) is 0 Å². The molecule has 2 N–H and O–H groups in total. The van der Waals surface area contributed by atoms with Gasteiger partial charge in [-0.2, -0.15) is 0 Å². The quantitative estimate of drug-likeness (QED) is 0.573. The van der Waals surface area contributed by atoms with E-state index in [1.165, 1.54) is 12.2 Å². The Balaban J connectivity index is 2.83. The lowest BCUT2D eigenvalue weighted by atomic mass is 10.2. The third-order valence-electron chi connectivity index (χ3n) is 2.06. The van der Waals surface area contributed by atoms with Crippen molar-refractivity contribution in [3.8, 4) is 0 Å². The number of amides is 2. The Hall–Kier alpha value is -1.85. The third-order valence-corrected chi connectivity index (χ3v) is 2.06. The van der Waals surface area contributed by atoms with Gasteiger partial charge >= 0.3 is 5.97 Å². The van der Waals surface area contributed by atoms with E-state index in [1.54, 1.807) is 6.92 Å². The highest BCUT2D eigenvalue weighted by atomic mass is 16.4. The summed E-state index contributed by atoms with van der Waals surface area (Å²) in [5.74, 6) is -1.92. The van der Waals surface area contributed by atoms with Gasteiger partial charge in [0.1, 0.15) is 12.6 Å². The second-order valence-electron chi connectivity index (χ2n) is 3.12. The van der Waals surface area contributed by atoms with Gasteiger partial charge in [0.25, 0.3) is 0 Å². The van der Waals surface area contributed by atoms with E-state index in [4.69, 9.17) is 5.11 Å². The highest BCUT2D eigenvalue weighted by molar-refractivity contribution is 5.95. The van der Waals surface area contributed by atoms with Crippen LogP contribution < -0.4 is 5.32 Å². The van der Waals surface area contributed by atoms with Crippen molar-refractivity contribution in [3.63, 3.8) is 0 Å². The summed E-state index contributed by atoms with van der Waals surface area (Å²) < 4.78 is 0. The van der Waals surface area contributed by atoms with Gasteiger partial charge < -0.3 is 15.3 Å². The molecule has 2 amide bonds. The molecule has 0 aromatic heterocycles. The van der Waals surface area contributed by atoms with Crippen LogP contribution in [0.1, 0.15) is 6.92 Å². The van der Waals surface area contributed by atoms with Crippen molar-refractivity contribution in [1.82, 2.24) is 10.2 Å². The van der Waals surface area contributed by atoms with Crippen molar-refractivity contribution in [2.24, 2.45) is 0 Å². The molecular weight excluding hydrogens is 200 g/mol. The molecule has 1 atom stereocenters. The zero-order chi connectivity index (χ0) is 11.4. The van der Waals surface area contributed by atoms with E-state index in [2.05, 4.69) is 5.32 Å². The number of hydrogen-bond donors (Lipinski definition) is 2. The Morgan fingerprint density at radius 3 is 2.80 bits per heavy atom. The van der Waals surface area contributed by atoms with Crippen molar-refractivity contribution in [3.05, 3.63) is 12.2 Å². The van der Waals surface area contributed by atoms with E-state index in [1.807, 2.05) is 0 Å². The van der Waals surface area contributed by atoms with Gasteiger partial charge in [0.15, 0.2) is 0 Å². The normalized spacial score (nSPS) is 21.5. The van der Waals surface area contributed by atoms with Gasteiger partial charge in [-0.05, 0) is 13.0 Å². The highest BCUT2D eigenvalue weighted by Crippen LogP contribution is 2.05. The van der Waals surface area contributed by atoms with Crippen LogP contribution in [-0.4, -0.2) is 46.9 Å². The molecule has 1 saturated heterocycles. The lowest BCUT2D eigenvalue weighted by Crippen LogP contribution is -2.59. The SMILES string of the molecule is C/C=C/C(=O)N1CC(=O)NCC1C(=O)O. The first-order valence-corrected chi connectivity index (χ1v) is 4.49. The number of aliphatic carboxylic acids is 1. The van der Waals surface area contributed by atoms with Crippen molar-refractivity contribution in [2.45, 2.75) is 13.0 Å². The summed E-state index contributed by atoms with van der Waals surface area (Å²) in [6, 6.07) is -0.980. The minimum Gasteiger partial charge on any atom is -0.480 e. The van der Waals surface area contributed by atoms with E-state index in [0.717, 1.165) is 4.90 Å². The molecule has 1 aliphatic heterocycles. The van der Waals surface area contributed by atoms with Gasteiger partial charge in [0, 0.05) is 6.54 Å². The lowest BCUT2D eigenvalue weighted by molar-refractivity contribution is -0.152. The fraction of sp³-hybridized carbons (Fsp3) is 0.444. The molecule has 82 valence electrons. The van der Waals surface area contributed by atoms with E-state index in [9.17, 15) is 14.4 Å². The maximum Gasteiger partial charge on any atom is 0.328 e. The minimum atomic E-state index is -1.12. The number of carbonyl (C=O) groups excluding carboxylic acids is 2. The zero-order valence-corrected chi connectivity index (χ0v) is 8.27. The Kier molecular flexibility index (Phi) is 3.43. The lowest BCUT2D eigenvalue weighted by Gasteiger charge is -2.31. The number of carboxylic acid groups (broad SMARTS) is 1. The second kappa shape index (κ2) is 4.59. The van der Waals surface area contributed by atoms with Crippen LogP contribution in [0, 0.1) is 0 Å². The van der Waals surface area contributed by atoms with Gasteiger partial charge in [-0.3, -0.25) is 9.59 Å². The molecule has 1 aliphatic rings. The summed E-state index contributed by atoms with van der Waals surface area (Å²) in [6.45, 7) is 1.40. The fourth-order valence-corrected chi connectivity index (χ4v) is 1.33. The van der Waals surface area contributed by atoms with Crippen molar-refractivity contribution in [2.75, 3.05) is 13.1 Å². The smallest absolute Gasteiger partial charge is 0.328 e. The van der Waals surface area contributed by atoms with Crippen LogP contribution in [0.4, 0.5) is 0 Å². The molecule has 15 heavy (non-hydrogen) atoms. The summed E-state index contributed by atoms with van der Waals surface area (Å²) in [6.07, 6.45) is 2.75. The van der Waals surface area contributed by atoms with Crippen molar-refractivity contribution < 1.29 is 19.5 Å². The second-order valence-corrected chi connectivity index (χ2v) is 3.12. The number of nitrogens with zero attached hydrogens (tertiary/aromatic N) is 1. The van der Waals surface area contributed by atoms with Crippen LogP contribution in [0.15, 0.2) is 12.2 Å². The fourth-order valence-electron chi connectivity index (χ4n) is 1.33. The molecular formula is C9H12N2O4. The monoisotopic (exact) mass is 212 g/mol. The van der Waals surface area contributed by atoms with E-state index in [0.29, 0.717) is 0 Å². The predicted molar refractivity (Wildman–Crippen MR) is 51.0 cm³/mol. The number of nitrogens with one attached hydrogen (secondary N) is 1. The average molecular weight is 212 g/mol. The molecule has 0 aromatic rings. The van der Waals surface area contributed by atoms with Gasteiger partial charge in [0.05, 0.1) is 0 Å². The molecule has 1 unspecified atom stereocenters. The molecule has 0 bridgehead atoms. The largest absolute Gasteiger partial charge is 0.480 e. The molecule has 6 heteroatoms. The van der Waals surface area contributed by atoms with Crippen molar-refractivity contribution >= 4 is 17.8 Å². The first-order chi connectivity index (χ1) is 7.06. The van der Waals surface area contributed by atoms with Crippen LogP contribution >= 0.6 is 0 Å². The Bertz CT molecular complexity index is 324. The van der Waals surface area contributed by atoms with Crippen LogP contribution in [0.5, 0.6) is 0 Å². The number of allylic oxidation sites excluding steroid dienone is 1. The standard InChI is InChI=1S/C9H12N2O4/c1-2-3-8(13)11-5-7(12)10-4-6(11)9(14)15/h2-3,6H,4-5H2,1H3,(H,10,12)(H,14,15)/b3-2+. The highest BCUT2D eigenvalue weighted by Gasteiger charge is 2.33. The zero-order valence-electron chi connectivity index (χ0n) is 8.27. The number of hydrogen-bond acceptors (Lipinski definition) is 3. The molecule has 1 heterocycles. The number of carboxylic acids is 1.